The molecule has 0 heterocycles. The summed E-state index contributed by atoms with van der Waals surface area (Å²) in [5, 5.41) is 0. The third kappa shape index (κ3) is 5.23. The third-order valence-corrected chi connectivity index (χ3v) is 1.38. The molecule has 0 aromatic rings. The van der Waals surface area contributed by atoms with Crippen molar-refractivity contribution < 1.29 is 9.53 Å². The van der Waals surface area contributed by atoms with Gasteiger partial charge >= 0.3 is 5.97 Å². The normalized spacial score (nSPS) is 10.9. The Balaban J connectivity index is 4.53. The van der Waals surface area contributed by atoms with Crippen molar-refractivity contribution in [2.24, 2.45) is 0 Å². The molecule has 74 valence electrons. The summed E-state index contributed by atoms with van der Waals surface area (Å²) >= 11 is 0. The van der Waals surface area contributed by atoms with Crippen molar-refractivity contribution >= 4 is 5.97 Å². The van der Waals surface area contributed by atoms with E-state index >= 15 is 0 Å². The Morgan fingerprint density at radius 3 is 2.31 bits per heavy atom. The zero-order chi connectivity index (χ0) is 10.3. The van der Waals surface area contributed by atoms with Crippen LogP contribution >= 0.6 is 0 Å². The van der Waals surface area contributed by atoms with Crippen molar-refractivity contribution in [3.8, 4) is 0 Å². The molecule has 0 fully saturated rings. The molecule has 0 aromatic heterocycles. The number of hydrogen-bond acceptors (Lipinski definition) is 2. The Hall–Kier alpha value is -1.05. The number of hydrogen-bond donors (Lipinski definition) is 0. The van der Waals surface area contributed by atoms with E-state index in [0.717, 1.165) is 12.0 Å². The molecular formula is C11H18O2. The van der Waals surface area contributed by atoms with Crippen molar-refractivity contribution in [3.05, 3.63) is 23.3 Å². The van der Waals surface area contributed by atoms with Gasteiger partial charge in [-0.05, 0) is 33.3 Å². The number of allylic oxidation sites excluding steroid dienone is 2. The Bertz CT molecular complexity index is 220. The predicted molar refractivity (Wildman–Crippen MR) is 54.4 cm³/mol. The Morgan fingerprint density at radius 1 is 1.31 bits per heavy atom. The lowest BCUT2D eigenvalue weighted by molar-refractivity contribution is -0.138. The van der Waals surface area contributed by atoms with Crippen LogP contribution < -0.4 is 0 Å². The predicted octanol–water partition coefficient (Wildman–Crippen LogP) is 2.85. The largest absolute Gasteiger partial charge is 0.462 e. The molecule has 0 saturated heterocycles. The van der Waals surface area contributed by atoms with Gasteiger partial charge in [-0.25, -0.2) is 4.79 Å². The first-order valence-electron chi connectivity index (χ1n) is 4.64. The van der Waals surface area contributed by atoms with Crippen LogP contribution in [-0.2, 0) is 9.53 Å². The van der Waals surface area contributed by atoms with Gasteiger partial charge in [-0.2, -0.15) is 0 Å². The SMILES string of the molecule is CC/C=C(\C=C(C)C)C(=O)OCC. The molecule has 0 atom stereocenters. The minimum Gasteiger partial charge on any atom is -0.462 e. The fourth-order valence-corrected chi connectivity index (χ4v) is 0.947. The summed E-state index contributed by atoms with van der Waals surface area (Å²) in [7, 11) is 0. The third-order valence-electron chi connectivity index (χ3n) is 1.38. The second-order valence-electron chi connectivity index (χ2n) is 3.01. The minimum absolute atomic E-state index is 0.231. The van der Waals surface area contributed by atoms with Crippen LogP contribution in [0.2, 0.25) is 0 Å². The highest BCUT2D eigenvalue weighted by molar-refractivity contribution is 5.91. The summed E-state index contributed by atoms with van der Waals surface area (Å²) < 4.78 is 4.91. The van der Waals surface area contributed by atoms with Crippen molar-refractivity contribution in [1.82, 2.24) is 0 Å². The Morgan fingerprint density at radius 2 is 1.92 bits per heavy atom. The molecule has 13 heavy (non-hydrogen) atoms. The fraction of sp³-hybridized carbons (Fsp3) is 0.545. The van der Waals surface area contributed by atoms with Gasteiger partial charge in [-0.15, -0.1) is 0 Å². The first kappa shape index (κ1) is 11.9. The second-order valence-corrected chi connectivity index (χ2v) is 3.01. The molecule has 2 nitrogen and oxygen atoms in total. The monoisotopic (exact) mass is 182 g/mol. The molecule has 0 aliphatic heterocycles. The molecule has 0 bridgehead atoms. The number of ether oxygens (including phenoxy) is 1. The minimum atomic E-state index is -0.231. The molecule has 2 heteroatoms. The van der Waals surface area contributed by atoms with Gasteiger partial charge in [0.15, 0.2) is 0 Å². The first-order valence-corrected chi connectivity index (χ1v) is 4.64. The van der Waals surface area contributed by atoms with Crippen molar-refractivity contribution in [3.63, 3.8) is 0 Å². The van der Waals surface area contributed by atoms with E-state index in [9.17, 15) is 4.79 Å². The lowest BCUT2D eigenvalue weighted by Gasteiger charge is -2.02. The molecule has 0 aromatic carbocycles. The van der Waals surface area contributed by atoms with Crippen molar-refractivity contribution in [1.29, 1.82) is 0 Å². The highest BCUT2D eigenvalue weighted by atomic mass is 16.5. The number of esters is 1. The maximum Gasteiger partial charge on any atom is 0.337 e. The summed E-state index contributed by atoms with van der Waals surface area (Å²) in [6.45, 7) is 8.16. The van der Waals surface area contributed by atoms with Gasteiger partial charge in [-0.3, -0.25) is 0 Å². The maximum atomic E-state index is 11.3. The van der Waals surface area contributed by atoms with E-state index in [1.807, 2.05) is 39.8 Å². The van der Waals surface area contributed by atoms with Gasteiger partial charge in [0.1, 0.15) is 0 Å². The van der Waals surface area contributed by atoms with Crippen LogP contribution in [0.1, 0.15) is 34.1 Å². The molecule has 0 aliphatic rings. The Labute approximate surface area is 80.3 Å². The number of carbonyl (C=O) groups is 1. The highest BCUT2D eigenvalue weighted by Gasteiger charge is 2.05. The van der Waals surface area contributed by atoms with Crippen LogP contribution in [0.25, 0.3) is 0 Å². The summed E-state index contributed by atoms with van der Waals surface area (Å²) in [5.74, 6) is -0.231. The van der Waals surface area contributed by atoms with Crippen molar-refractivity contribution in [2.45, 2.75) is 34.1 Å². The van der Waals surface area contributed by atoms with Crippen LogP contribution in [0.15, 0.2) is 23.3 Å². The van der Waals surface area contributed by atoms with Crippen LogP contribution in [-0.4, -0.2) is 12.6 Å². The van der Waals surface area contributed by atoms with E-state index in [1.165, 1.54) is 0 Å². The van der Waals surface area contributed by atoms with Crippen LogP contribution in [0.4, 0.5) is 0 Å². The van der Waals surface area contributed by atoms with E-state index in [-0.39, 0.29) is 5.97 Å². The van der Waals surface area contributed by atoms with E-state index in [0.29, 0.717) is 12.2 Å². The van der Waals surface area contributed by atoms with Gasteiger partial charge in [-0.1, -0.05) is 18.6 Å². The zero-order valence-corrected chi connectivity index (χ0v) is 8.89. The van der Waals surface area contributed by atoms with Gasteiger partial charge in [0, 0.05) is 0 Å². The van der Waals surface area contributed by atoms with Crippen LogP contribution in [0.5, 0.6) is 0 Å². The molecule has 0 aliphatic carbocycles. The standard InChI is InChI=1S/C11H18O2/c1-5-7-10(8-9(3)4)11(12)13-6-2/h7-8H,5-6H2,1-4H3/b10-7+. The number of carbonyl (C=O) groups excluding carboxylic acids is 1. The summed E-state index contributed by atoms with van der Waals surface area (Å²) in [6, 6.07) is 0. The summed E-state index contributed by atoms with van der Waals surface area (Å²) in [4.78, 5) is 11.3. The van der Waals surface area contributed by atoms with E-state index in [4.69, 9.17) is 4.74 Å². The van der Waals surface area contributed by atoms with Crippen LogP contribution in [0, 0.1) is 0 Å². The van der Waals surface area contributed by atoms with Crippen LogP contribution in [0.3, 0.4) is 0 Å². The molecule has 0 N–H and O–H groups in total. The molecule has 0 saturated carbocycles. The van der Waals surface area contributed by atoms with E-state index < -0.39 is 0 Å². The summed E-state index contributed by atoms with van der Waals surface area (Å²) in [5.41, 5.74) is 1.76. The zero-order valence-electron chi connectivity index (χ0n) is 8.89. The molecular weight excluding hydrogens is 164 g/mol. The molecule has 0 amide bonds. The van der Waals surface area contributed by atoms with Crippen molar-refractivity contribution in [2.75, 3.05) is 6.61 Å². The average Bonchev–Trinajstić information content (AvgIpc) is 2.03. The van der Waals surface area contributed by atoms with Gasteiger partial charge in [0.25, 0.3) is 0 Å². The maximum absolute atomic E-state index is 11.3. The topological polar surface area (TPSA) is 26.3 Å². The molecule has 0 unspecified atom stereocenters. The summed E-state index contributed by atoms with van der Waals surface area (Å²) in [6.07, 6.45) is 4.57. The second kappa shape index (κ2) is 6.46. The van der Waals surface area contributed by atoms with Gasteiger partial charge < -0.3 is 4.74 Å². The molecule has 0 radical (unpaired) electrons. The number of rotatable bonds is 4. The van der Waals surface area contributed by atoms with E-state index in [2.05, 4.69) is 0 Å². The first-order chi connectivity index (χ1) is 6.11. The fourth-order valence-electron chi connectivity index (χ4n) is 0.947. The van der Waals surface area contributed by atoms with Gasteiger partial charge in [0.2, 0.25) is 0 Å². The molecule has 0 spiro atoms. The average molecular weight is 182 g/mol. The smallest absolute Gasteiger partial charge is 0.337 e. The van der Waals surface area contributed by atoms with E-state index in [1.54, 1.807) is 0 Å². The molecule has 0 rings (SSSR count). The Kier molecular flexibility index (Phi) is 5.94. The lowest BCUT2D eigenvalue weighted by atomic mass is 10.1. The quantitative estimate of drug-likeness (QED) is 0.379. The lowest BCUT2D eigenvalue weighted by Crippen LogP contribution is -2.06. The highest BCUT2D eigenvalue weighted by Crippen LogP contribution is 2.05. The van der Waals surface area contributed by atoms with Gasteiger partial charge in [0.05, 0.1) is 12.2 Å².